The number of nitrogens with zero attached hydrogens (tertiary/aromatic N) is 1. The van der Waals surface area contributed by atoms with Crippen molar-refractivity contribution in [1.29, 1.82) is 0 Å². The number of hydrogen-bond donors (Lipinski definition) is 1. The number of carboxylic acids is 1. The van der Waals surface area contributed by atoms with Crippen LogP contribution >= 0.6 is 11.8 Å². The van der Waals surface area contributed by atoms with E-state index in [0.29, 0.717) is 6.54 Å². The average molecular weight is 309 g/mol. The molecule has 0 bridgehead atoms. The van der Waals surface area contributed by atoms with Crippen LogP contribution in [0.1, 0.15) is 19.3 Å². The van der Waals surface area contributed by atoms with Crippen LogP contribution in [0.4, 0.5) is 0 Å². The number of methoxy groups -OCH3 is 1. The normalized spacial score (nSPS) is 19.4. The summed E-state index contributed by atoms with van der Waals surface area (Å²) in [6.45, 7) is 2.74. The lowest BCUT2D eigenvalue weighted by molar-refractivity contribution is -0.143. The zero-order valence-corrected chi connectivity index (χ0v) is 13.3. The molecule has 0 radical (unpaired) electrons. The largest absolute Gasteiger partial charge is 0.497 e. The topological polar surface area (TPSA) is 49.8 Å². The van der Waals surface area contributed by atoms with E-state index < -0.39 is 5.97 Å². The van der Waals surface area contributed by atoms with Gasteiger partial charge in [0.05, 0.1) is 13.0 Å². The average Bonchev–Trinajstić information content (AvgIpc) is 2.52. The van der Waals surface area contributed by atoms with Crippen LogP contribution in [0, 0.1) is 5.92 Å². The van der Waals surface area contributed by atoms with Crippen molar-refractivity contribution in [1.82, 2.24) is 4.90 Å². The summed E-state index contributed by atoms with van der Waals surface area (Å²) in [4.78, 5) is 14.6. The van der Waals surface area contributed by atoms with E-state index in [9.17, 15) is 4.79 Å². The van der Waals surface area contributed by atoms with Crippen molar-refractivity contribution in [2.75, 3.05) is 32.5 Å². The molecule has 1 aromatic rings. The SMILES string of the molecule is COc1ccc(SCCCN2CCCC(C(=O)O)C2)cc1. The molecule has 1 saturated heterocycles. The molecule has 0 aliphatic carbocycles. The Kier molecular flexibility index (Phi) is 6.39. The van der Waals surface area contributed by atoms with Gasteiger partial charge in [0.1, 0.15) is 5.75 Å². The summed E-state index contributed by atoms with van der Waals surface area (Å²) < 4.78 is 5.14. The number of ether oxygens (including phenoxy) is 1. The monoisotopic (exact) mass is 309 g/mol. The molecule has 1 heterocycles. The standard InChI is InChI=1S/C16H23NO3S/c1-20-14-5-7-15(8-6-14)21-11-3-10-17-9-2-4-13(12-17)16(18)19/h5-8,13H,2-4,9-12H2,1H3,(H,18,19). The van der Waals surface area contributed by atoms with Crippen molar-refractivity contribution in [3.63, 3.8) is 0 Å². The van der Waals surface area contributed by atoms with E-state index in [1.165, 1.54) is 4.90 Å². The molecule has 1 N–H and O–H groups in total. The van der Waals surface area contributed by atoms with Crippen LogP contribution < -0.4 is 4.74 Å². The molecule has 1 aliphatic heterocycles. The van der Waals surface area contributed by atoms with Gasteiger partial charge in [0, 0.05) is 11.4 Å². The number of hydrogen-bond acceptors (Lipinski definition) is 4. The number of aliphatic carboxylic acids is 1. The number of carbonyl (C=O) groups is 1. The molecule has 1 fully saturated rings. The molecular formula is C16H23NO3S. The van der Waals surface area contributed by atoms with Crippen molar-refractivity contribution in [2.24, 2.45) is 5.92 Å². The van der Waals surface area contributed by atoms with Crippen LogP contribution in [0.15, 0.2) is 29.2 Å². The predicted molar refractivity (Wildman–Crippen MR) is 85.1 cm³/mol. The molecule has 4 nitrogen and oxygen atoms in total. The van der Waals surface area contributed by atoms with Crippen molar-refractivity contribution in [3.8, 4) is 5.75 Å². The zero-order chi connectivity index (χ0) is 15.1. The summed E-state index contributed by atoms with van der Waals surface area (Å²) in [7, 11) is 1.67. The van der Waals surface area contributed by atoms with E-state index in [4.69, 9.17) is 9.84 Å². The first kappa shape index (κ1) is 16.2. The third-order valence-electron chi connectivity index (χ3n) is 3.80. The summed E-state index contributed by atoms with van der Waals surface area (Å²) in [6, 6.07) is 8.10. The number of likely N-dealkylation sites (tertiary alicyclic amines) is 1. The van der Waals surface area contributed by atoms with E-state index in [0.717, 1.165) is 43.9 Å². The maximum Gasteiger partial charge on any atom is 0.307 e. The van der Waals surface area contributed by atoms with Gasteiger partial charge < -0.3 is 14.7 Å². The first-order chi connectivity index (χ1) is 10.2. The maximum atomic E-state index is 11.0. The number of benzene rings is 1. The van der Waals surface area contributed by atoms with Gasteiger partial charge in [-0.3, -0.25) is 4.79 Å². The lowest BCUT2D eigenvalue weighted by Crippen LogP contribution is -2.39. The summed E-state index contributed by atoms with van der Waals surface area (Å²) >= 11 is 1.84. The van der Waals surface area contributed by atoms with Crippen LogP contribution in [0.3, 0.4) is 0 Å². The Morgan fingerprint density at radius 3 is 2.86 bits per heavy atom. The Morgan fingerprint density at radius 2 is 2.19 bits per heavy atom. The van der Waals surface area contributed by atoms with Gasteiger partial charge in [-0.25, -0.2) is 0 Å². The number of thioether (sulfide) groups is 1. The molecule has 0 aromatic heterocycles. The van der Waals surface area contributed by atoms with Crippen molar-refractivity contribution < 1.29 is 14.6 Å². The van der Waals surface area contributed by atoms with Crippen LogP contribution in [0.25, 0.3) is 0 Å². The second-order valence-electron chi connectivity index (χ2n) is 5.36. The van der Waals surface area contributed by atoms with E-state index >= 15 is 0 Å². The third kappa shape index (κ3) is 5.25. The molecule has 1 aromatic carbocycles. The fourth-order valence-electron chi connectivity index (χ4n) is 2.61. The minimum Gasteiger partial charge on any atom is -0.497 e. The summed E-state index contributed by atoms with van der Waals surface area (Å²) in [5.74, 6) is 1.12. The highest BCUT2D eigenvalue weighted by molar-refractivity contribution is 7.99. The molecule has 2 rings (SSSR count). The summed E-state index contributed by atoms with van der Waals surface area (Å²) in [5, 5.41) is 9.08. The van der Waals surface area contributed by atoms with E-state index in [-0.39, 0.29) is 5.92 Å². The van der Waals surface area contributed by atoms with Gasteiger partial charge in [-0.1, -0.05) is 0 Å². The molecule has 1 unspecified atom stereocenters. The molecule has 5 heteroatoms. The highest BCUT2D eigenvalue weighted by Crippen LogP contribution is 2.22. The minimum atomic E-state index is -0.646. The Hall–Kier alpha value is -1.20. The van der Waals surface area contributed by atoms with Crippen molar-refractivity contribution in [3.05, 3.63) is 24.3 Å². The highest BCUT2D eigenvalue weighted by atomic mass is 32.2. The van der Waals surface area contributed by atoms with E-state index in [1.54, 1.807) is 7.11 Å². The maximum absolute atomic E-state index is 11.0. The van der Waals surface area contributed by atoms with Gasteiger partial charge in [-0.05, 0) is 62.4 Å². The summed E-state index contributed by atoms with van der Waals surface area (Å²) in [6.07, 6.45) is 2.91. The van der Waals surface area contributed by atoms with Crippen LogP contribution in [0.2, 0.25) is 0 Å². The Balaban J connectivity index is 1.65. The molecule has 21 heavy (non-hydrogen) atoms. The molecule has 1 atom stereocenters. The van der Waals surface area contributed by atoms with Crippen LogP contribution in [-0.4, -0.2) is 48.5 Å². The quantitative estimate of drug-likeness (QED) is 0.620. The zero-order valence-electron chi connectivity index (χ0n) is 12.5. The van der Waals surface area contributed by atoms with E-state index in [1.807, 2.05) is 23.9 Å². The minimum absolute atomic E-state index is 0.173. The second-order valence-corrected chi connectivity index (χ2v) is 6.52. The van der Waals surface area contributed by atoms with E-state index in [2.05, 4.69) is 17.0 Å². The van der Waals surface area contributed by atoms with Gasteiger partial charge in [-0.15, -0.1) is 11.8 Å². The van der Waals surface area contributed by atoms with Crippen LogP contribution in [0.5, 0.6) is 5.75 Å². The van der Waals surface area contributed by atoms with Crippen molar-refractivity contribution in [2.45, 2.75) is 24.2 Å². The number of piperidine rings is 1. The van der Waals surface area contributed by atoms with Crippen molar-refractivity contribution >= 4 is 17.7 Å². The van der Waals surface area contributed by atoms with Gasteiger partial charge in [0.2, 0.25) is 0 Å². The second kappa shape index (κ2) is 8.29. The summed E-state index contributed by atoms with van der Waals surface area (Å²) in [5.41, 5.74) is 0. The smallest absolute Gasteiger partial charge is 0.307 e. The lowest BCUT2D eigenvalue weighted by Gasteiger charge is -2.30. The Bertz CT molecular complexity index is 449. The van der Waals surface area contributed by atoms with Crippen LogP contribution in [-0.2, 0) is 4.79 Å². The molecular weight excluding hydrogens is 286 g/mol. The number of carboxylic acid groups (broad SMARTS) is 1. The van der Waals surface area contributed by atoms with Gasteiger partial charge >= 0.3 is 5.97 Å². The fourth-order valence-corrected chi connectivity index (χ4v) is 3.45. The predicted octanol–water partition coefficient (Wildman–Crippen LogP) is 2.97. The molecule has 0 amide bonds. The Labute approximate surface area is 130 Å². The Morgan fingerprint density at radius 1 is 1.43 bits per heavy atom. The lowest BCUT2D eigenvalue weighted by atomic mass is 9.98. The molecule has 1 aliphatic rings. The first-order valence-corrected chi connectivity index (χ1v) is 8.39. The third-order valence-corrected chi connectivity index (χ3v) is 4.90. The molecule has 0 saturated carbocycles. The molecule has 116 valence electrons. The van der Waals surface area contributed by atoms with Gasteiger partial charge in [0.25, 0.3) is 0 Å². The van der Waals surface area contributed by atoms with Gasteiger partial charge in [-0.2, -0.15) is 0 Å². The highest BCUT2D eigenvalue weighted by Gasteiger charge is 2.24. The first-order valence-electron chi connectivity index (χ1n) is 7.41. The fraction of sp³-hybridized carbons (Fsp3) is 0.562. The number of rotatable bonds is 7. The van der Waals surface area contributed by atoms with Gasteiger partial charge in [0.15, 0.2) is 0 Å². The molecule has 0 spiro atoms.